The Hall–Kier alpha value is -0.640. The van der Waals surface area contributed by atoms with Crippen LogP contribution in [0.3, 0.4) is 0 Å². The van der Waals surface area contributed by atoms with Gasteiger partial charge in [0.1, 0.15) is 0 Å². The van der Waals surface area contributed by atoms with Crippen LogP contribution in [0.1, 0.15) is 5.30 Å². The van der Waals surface area contributed by atoms with Crippen molar-refractivity contribution < 1.29 is 0 Å². The van der Waals surface area contributed by atoms with Gasteiger partial charge in [-0.2, -0.15) is 0 Å². The number of rotatable bonds is 1. The number of hydrogen-bond donors (Lipinski definition) is 0. The van der Waals surface area contributed by atoms with Gasteiger partial charge in [-0.1, -0.05) is 30.3 Å². The molecule has 1 unspecified atom stereocenters. The molecule has 1 aromatic heterocycles. The smallest absolute Gasteiger partial charge is 0.0822 e. The second kappa shape index (κ2) is 3.39. The molecule has 12 heavy (non-hydrogen) atoms. The molecule has 1 nitrogen and oxygen atoms in total. The van der Waals surface area contributed by atoms with Crippen LogP contribution in [-0.2, 0) is 0 Å². The van der Waals surface area contributed by atoms with Crippen molar-refractivity contribution in [2.24, 2.45) is 0 Å². The Kier molecular flexibility index (Phi) is 2.26. The zero-order chi connectivity index (χ0) is 8.39. The largest absolute Gasteiger partial charge is 0.235 e. The SMILES string of the molecule is Cc1p[pH]nc1-c1ccccc1. The van der Waals surface area contributed by atoms with Crippen LogP contribution in [0.2, 0.25) is 0 Å². The van der Waals surface area contributed by atoms with Crippen LogP contribution in [-0.4, -0.2) is 4.75 Å². The van der Waals surface area contributed by atoms with Gasteiger partial charge in [0.15, 0.2) is 0 Å². The minimum absolute atomic E-state index is 0.718. The molecule has 0 spiro atoms. The van der Waals surface area contributed by atoms with Crippen molar-refractivity contribution in [2.45, 2.75) is 6.92 Å². The summed E-state index contributed by atoms with van der Waals surface area (Å²) in [6.07, 6.45) is 0. The van der Waals surface area contributed by atoms with Gasteiger partial charge < -0.3 is 0 Å². The molecule has 0 saturated heterocycles. The quantitative estimate of drug-likeness (QED) is 0.673. The van der Waals surface area contributed by atoms with E-state index in [-0.39, 0.29) is 0 Å². The highest BCUT2D eigenvalue weighted by atomic mass is 31.8. The Morgan fingerprint density at radius 1 is 1.25 bits per heavy atom. The lowest BCUT2D eigenvalue weighted by Gasteiger charge is -1.96. The van der Waals surface area contributed by atoms with Gasteiger partial charge in [-0.05, 0) is 22.8 Å². The number of hydrogen-bond acceptors (Lipinski definition) is 1. The summed E-state index contributed by atoms with van der Waals surface area (Å²) < 4.78 is 4.48. The van der Waals surface area contributed by atoms with Crippen molar-refractivity contribution in [3.63, 3.8) is 0 Å². The van der Waals surface area contributed by atoms with Gasteiger partial charge in [0, 0.05) is 10.9 Å². The van der Waals surface area contributed by atoms with Crippen LogP contribution >= 0.6 is 15.9 Å². The summed E-state index contributed by atoms with van der Waals surface area (Å²) in [6.45, 7) is 2.16. The topological polar surface area (TPSA) is 12.9 Å². The first kappa shape index (κ1) is 7.98. The predicted molar refractivity (Wildman–Crippen MR) is 56.4 cm³/mol. The Morgan fingerprint density at radius 3 is 2.58 bits per heavy atom. The normalized spacial score (nSPS) is 11.4. The monoisotopic (exact) mass is 193 g/mol. The summed E-state index contributed by atoms with van der Waals surface area (Å²) in [5.74, 6) is 0. The van der Waals surface area contributed by atoms with E-state index in [1.54, 1.807) is 0 Å². The van der Waals surface area contributed by atoms with Crippen molar-refractivity contribution in [2.75, 3.05) is 0 Å². The molecule has 2 rings (SSSR count). The highest BCUT2D eigenvalue weighted by Crippen LogP contribution is 2.33. The molecule has 0 bridgehead atoms. The van der Waals surface area contributed by atoms with Gasteiger partial charge in [-0.25, -0.2) is 4.75 Å². The van der Waals surface area contributed by atoms with E-state index in [0.717, 1.165) is 8.03 Å². The van der Waals surface area contributed by atoms with Crippen molar-refractivity contribution >= 4 is 15.9 Å². The number of aryl methyl sites for hydroxylation is 1. The molecule has 1 atom stereocenters. The predicted octanol–water partition coefficient (Wildman–Crippen LogP) is 3.67. The fraction of sp³-hybridized carbons (Fsp3) is 0.111. The van der Waals surface area contributed by atoms with Crippen LogP contribution in [0.15, 0.2) is 30.3 Å². The van der Waals surface area contributed by atoms with Gasteiger partial charge >= 0.3 is 0 Å². The van der Waals surface area contributed by atoms with Crippen LogP contribution in [0.4, 0.5) is 0 Å². The first-order valence-corrected chi connectivity index (χ1v) is 6.49. The number of nitrogens with zero attached hydrogens (tertiary/aromatic N) is 1. The third kappa shape index (κ3) is 1.43. The summed E-state index contributed by atoms with van der Waals surface area (Å²) in [5, 5.41) is 1.40. The van der Waals surface area contributed by atoms with E-state index in [0.29, 0.717) is 0 Å². The fourth-order valence-corrected chi connectivity index (χ4v) is 3.35. The van der Waals surface area contributed by atoms with E-state index in [4.69, 9.17) is 0 Å². The molecule has 0 aliphatic heterocycles. The molecule has 1 aromatic carbocycles. The second-order valence-corrected chi connectivity index (χ2v) is 5.21. The molecule has 0 radical (unpaired) electrons. The number of benzene rings is 1. The molecular weight excluding hydrogens is 184 g/mol. The van der Waals surface area contributed by atoms with E-state index in [1.807, 2.05) is 6.07 Å². The average molecular weight is 193 g/mol. The van der Waals surface area contributed by atoms with Crippen molar-refractivity contribution in [1.82, 2.24) is 4.75 Å². The minimum atomic E-state index is 0.718. The fourth-order valence-electron chi connectivity index (χ4n) is 1.15. The zero-order valence-corrected chi connectivity index (χ0v) is 8.68. The van der Waals surface area contributed by atoms with Crippen LogP contribution in [0, 0.1) is 6.92 Å². The molecule has 0 aliphatic carbocycles. The van der Waals surface area contributed by atoms with Crippen molar-refractivity contribution in [3.05, 3.63) is 35.6 Å². The second-order valence-electron chi connectivity index (χ2n) is 2.62. The van der Waals surface area contributed by atoms with Crippen molar-refractivity contribution in [3.8, 4) is 11.3 Å². The van der Waals surface area contributed by atoms with Gasteiger partial charge in [0.2, 0.25) is 0 Å². The lowest BCUT2D eigenvalue weighted by atomic mass is 10.1. The zero-order valence-electron chi connectivity index (χ0n) is 6.78. The molecule has 0 N–H and O–H groups in total. The van der Waals surface area contributed by atoms with Crippen LogP contribution in [0.5, 0.6) is 0 Å². The van der Waals surface area contributed by atoms with Gasteiger partial charge in [-0.3, -0.25) is 0 Å². The lowest BCUT2D eigenvalue weighted by molar-refractivity contribution is 1.46. The summed E-state index contributed by atoms with van der Waals surface area (Å²) in [4.78, 5) is 0. The highest BCUT2D eigenvalue weighted by Gasteiger charge is 2.01. The highest BCUT2D eigenvalue weighted by molar-refractivity contribution is 7.89. The minimum Gasteiger partial charge on any atom is -0.235 e. The van der Waals surface area contributed by atoms with Crippen LogP contribution < -0.4 is 0 Å². The number of aromatic nitrogens is 1. The summed E-state index contributed by atoms with van der Waals surface area (Å²) in [5.41, 5.74) is 2.46. The maximum atomic E-state index is 4.48. The van der Waals surface area contributed by atoms with Crippen LogP contribution in [0.25, 0.3) is 11.3 Å². The maximum absolute atomic E-state index is 4.48. The van der Waals surface area contributed by atoms with Gasteiger partial charge in [-0.15, -0.1) is 0 Å². The average Bonchev–Trinajstić information content (AvgIpc) is 2.53. The summed E-state index contributed by atoms with van der Waals surface area (Å²) >= 11 is 0. The first-order valence-electron chi connectivity index (χ1n) is 3.81. The Balaban J connectivity index is 2.51. The molecular formula is C9H9NP2. The molecule has 60 valence electrons. The molecule has 2 aromatic rings. The Labute approximate surface area is 75.0 Å². The molecule has 0 aliphatic rings. The maximum Gasteiger partial charge on any atom is 0.0822 e. The molecule has 0 amide bonds. The summed E-state index contributed by atoms with van der Waals surface area (Å²) in [6, 6.07) is 10.4. The van der Waals surface area contributed by atoms with E-state index in [9.17, 15) is 0 Å². The third-order valence-corrected chi connectivity index (χ3v) is 4.35. The standard InChI is InChI=1S/C9H9NP2/c1-7-9(10-12-11-7)8-5-3-2-4-6-8/h2-6,12H,1H3. The Morgan fingerprint density at radius 2 is 2.00 bits per heavy atom. The molecule has 1 heterocycles. The first-order chi connectivity index (χ1) is 5.88. The van der Waals surface area contributed by atoms with Gasteiger partial charge in [0.05, 0.1) is 5.69 Å². The summed E-state index contributed by atoms with van der Waals surface area (Å²) in [7, 11) is 2.10. The Bertz CT molecular complexity index is 367. The molecule has 3 heteroatoms. The molecule has 0 saturated carbocycles. The van der Waals surface area contributed by atoms with Crippen molar-refractivity contribution in [1.29, 1.82) is 0 Å². The lowest BCUT2D eigenvalue weighted by Crippen LogP contribution is -1.76. The van der Waals surface area contributed by atoms with E-state index < -0.39 is 0 Å². The molecule has 0 fully saturated rings. The third-order valence-electron chi connectivity index (χ3n) is 1.77. The van der Waals surface area contributed by atoms with Gasteiger partial charge in [0.25, 0.3) is 0 Å². The van der Waals surface area contributed by atoms with E-state index in [1.165, 1.54) is 24.4 Å². The van der Waals surface area contributed by atoms with E-state index >= 15 is 0 Å². The van der Waals surface area contributed by atoms with E-state index in [2.05, 4.69) is 35.9 Å².